The Kier molecular flexibility index (Phi) is 12.7. The van der Waals surface area contributed by atoms with E-state index >= 15 is 0 Å². The lowest BCUT2D eigenvalue weighted by Gasteiger charge is -2.34. The van der Waals surface area contributed by atoms with Gasteiger partial charge in [-0.3, -0.25) is 14.7 Å². The number of guanidine groups is 1. The topological polar surface area (TPSA) is 63.2 Å². The van der Waals surface area contributed by atoms with Crippen LogP contribution in [0.5, 0.6) is 0 Å². The quantitative estimate of drug-likeness (QED) is 0.227. The maximum atomic E-state index is 11.4. The zero-order valence-corrected chi connectivity index (χ0v) is 20.4. The lowest BCUT2D eigenvalue weighted by atomic mass is 10.2. The largest absolute Gasteiger partial charge is 0.372 e. The van der Waals surface area contributed by atoms with Gasteiger partial charge in [0.05, 0.1) is 0 Å². The number of carbonyl (C=O) groups is 1. The summed E-state index contributed by atoms with van der Waals surface area (Å²) in [6.07, 6.45) is 1.05. The van der Waals surface area contributed by atoms with Gasteiger partial charge in [-0.25, -0.2) is 0 Å². The highest BCUT2D eigenvalue weighted by atomic mass is 127. The summed E-state index contributed by atoms with van der Waals surface area (Å²) in [4.78, 5) is 22.4. The minimum absolute atomic E-state index is 0. The van der Waals surface area contributed by atoms with Gasteiger partial charge in [0.25, 0.3) is 0 Å². The van der Waals surface area contributed by atoms with Crippen LogP contribution in [0.1, 0.15) is 20.3 Å². The summed E-state index contributed by atoms with van der Waals surface area (Å²) in [6, 6.07) is 10.5. The van der Waals surface area contributed by atoms with Crippen molar-refractivity contribution in [3.63, 3.8) is 0 Å². The second-order valence-electron chi connectivity index (χ2n) is 7.04. The average Bonchev–Trinajstić information content (AvgIpc) is 2.73. The van der Waals surface area contributed by atoms with E-state index in [1.807, 2.05) is 11.9 Å². The Hall–Kier alpha value is -1.55. The van der Waals surface area contributed by atoms with Crippen LogP contribution in [0.15, 0.2) is 35.3 Å². The number of amides is 1. The van der Waals surface area contributed by atoms with E-state index < -0.39 is 0 Å². The maximum Gasteiger partial charge on any atom is 0.219 e. The molecule has 1 fully saturated rings. The van der Waals surface area contributed by atoms with E-state index in [2.05, 4.69) is 62.7 Å². The van der Waals surface area contributed by atoms with Crippen molar-refractivity contribution in [2.75, 3.05) is 70.9 Å². The molecule has 0 bridgehead atoms. The fourth-order valence-electron chi connectivity index (χ4n) is 3.42. The van der Waals surface area contributed by atoms with Crippen molar-refractivity contribution in [1.29, 1.82) is 0 Å². The van der Waals surface area contributed by atoms with Crippen LogP contribution in [0.25, 0.3) is 0 Å². The molecule has 0 atom stereocenters. The molecule has 1 aromatic rings. The van der Waals surface area contributed by atoms with Crippen LogP contribution in [0.3, 0.4) is 0 Å². The molecule has 1 saturated heterocycles. The van der Waals surface area contributed by atoms with Gasteiger partial charge in [0, 0.05) is 78.6 Å². The molecule has 0 saturated carbocycles. The Bertz CT molecular complexity index is 604. The van der Waals surface area contributed by atoms with E-state index in [0.29, 0.717) is 0 Å². The fraction of sp³-hybridized carbons (Fsp3) is 0.619. The van der Waals surface area contributed by atoms with E-state index in [-0.39, 0.29) is 29.9 Å². The summed E-state index contributed by atoms with van der Waals surface area (Å²) >= 11 is 0. The highest BCUT2D eigenvalue weighted by Gasteiger charge is 2.17. The predicted octanol–water partition coefficient (Wildman–Crippen LogP) is 1.85. The summed E-state index contributed by atoms with van der Waals surface area (Å²) in [5.41, 5.74) is 1.28. The van der Waals surface area contributed by atoms with Crippen molar-refractivity contribution in [2.45, 2.75) is 20.3 Å². The number of nitrogens with one attached hydrogen (secondary N) is 2. The Morgan fingerprint density at radius 3 is 2.34 bits per heavy atom. The number of carbonyl (C=O) groups excluding carboxylic acids is 1. The molecule has 164 valence electrons. The van der Waals surface area contributed by atoms with Crippen molar-refractivity contribution in [3.8, 4) is 0 Å². The van der Waals surface area contributed by atoms with Crippen LogP contribution >= 0.6 is 24.0 Å². The molecule has 1 amide bonds. The molecule has 2 N–H and O–H groups in total. The third-order valence-corrected chi connectivity index (χ3v) is 5.16. The zero-order valence-electron chi connectivity index (χ0n) is 18.1. The molecule has 0 aliphatic carbocycles. The number of aliphatic imine (C=N–C) groups is 1. The Labute approximate surface area is 192 Å². The molecule has 2 rings (SSSR count). The summed E-state index contributed by atoms with van der Waals surface area (Å²) in [6.45, 7) is 12.1. The number of piperazine rings is 1. The van der Waals surface area contributed by atoms with Crippen LogP contribution in [0, 0.1) is 0 Å². The first kappa shape index (κ1) is 25.5. The van der Waals surface area contributed by atoms with E-state index in [4.69, 9.17) is 0 Å². The van der Waals surface area contributed by atoms with Crippen molar-refractivity contribution in [3.05, 3.63) is 30.3 Å². The van der Waals surface area contributed by atoms with Gasteiger partial charge in [-0.15, -0.1) is 24.0 Å². The molecule has 29 heavy (non-hydrogen) atoms. The van der Waals surface area contributed by atoms with Crippen LogP contribution in [0.2, 0.25) is 0 Å². The van der Waals surface area contributed by atoms with Gasteiger partial charge in [-0.1, -0.05) is 18.2 Å². The van der Waals surface area contributed by atoms with Crippen molar-refractivity contribution >= 4 is 41.5 Å². The lowest BCUT2D eigenvalue weighted by molar-refractivity contribution is -0.130. The molecule has 7 nitrogen and oxygen atoms in total. The Morgan fingerprint density at radius 2 is 1.76 bits per heavy atom. The highest BCUT2D eigenvalue weighted by Crippen LogP contribution is 2.12. The first-order valence-corrected chi connectivity index (χ1v) is 10.4. The summed E-state index contributed by atoms with van der Waals surface area (Å²) in [5, 5.41) is 6.79. The third kappa shape index (κ3) is 9.20. The SMILES string of the molecule is CCN(CCCNC(=NC)NCCN1CCN(C(C)=O)CC1)c1ccccc1.I. The number of hydrogen-bond donors (Lipinski definition) is 2. The van der Waals surface area contributed by atoms with Crippen LogP contribution < -0.4 is 15.5 Å². The van der Waals surface area contributed by atoms with Gasteiger partial charge in [-0.2, -0.15) is 0 Å². The van der Waals surface area contributed by atoms with Crippen LogP contribution in [-0.2, 0) is 4.79 Å². The van der Waals surface area contributed by atoms with Crippen molar-refractivity contribution in [1.82, 2.24) is 20.4 Å². The molecule has 0 spiro atoms. The number of para-hydroxylation sites is 1. The molecule has 1 heterocycles. The van der Waals surface area contributed by atoms with Gasteiger partial charge < -0.3 is 20.4 Å². The van der Waals surface area contributed by atoms with Crippen LogP contribution in [0.4, 0.5) is 5.69 Å². The minimum Gasteiger partial charge on any atom is -0.372 e. The van der Waals surface area contributed by atoms with Gasteiger partial charge >= 0.3 is 0 Å². The smallest absolute Gasteiger partial charge is 0.219 e. The molecular weight excluding hydrogens is 479 g/mol. The number of nitrogens with zero attached hydrogens (tertiary/aromatic N) is 4. The van der Waals surface area contributed by atoms with E-state index in [1.54, 1.807) is 6.92 Å². The van der Waals surface area contributed by atoms with Gasteiger partial charge in [0.1, 0.15) is 0 Å². The molecule has 0 radical (unpaired) electrons. The monoisotopic (exact) mass is 516 g/mol. The van der Waals surface area contributed by atoms with E-state index in [1.165, 1.54) is 5.69 Å². The minimum atomic E-state index is 0. The van der Waals surface area contributed by atoms with Gasteiger partial charge in [0.2, 0.25) is 5.91 Å². The predicted molar refractivity (Wildman–Crippen MR) is 132 cm³/mol. The second-order valence-corrected chi connectivity index (χ2v) is 7.04. The highest BCUT2D eigenvalue weighted by molar-refractivity contribution is 14.0. The first-order valence-electron chi connectivity index (χ1n) is 10.4. The maximum absolute atomic E-state index is 11.4. The second kappa shape index (κ2) is 14.4. The Balaban J connectivity index is 0.00000420. The zero-order chi connectivity index (χ0) is 20.2. The van der Waals surface area contributed by atoms with Gasteiger partial charge in [0.15, 0.2) is 5.96 Å². The van der Waals surface area contributed by atoms with Gasteiger partial charge in [-0.05, 0) is 25.5 Å². The standard InChI is InChI=1S/C21H36N6O.HI/c1-4-26(20-9-6-5-7-10-20)13-8-11-23-21(22-3)24-12-14-25-15-17-27(18-16-25)19(2)28;/h5-7,9-10H,4,8,11-18H2,1-3H3,(H2,22,23,24);1H. The number of rotatable bonds is 9. The number of hydrogen-bond acceptors (Lipinski definition) is 4. The average molecular weight is 516 g/mol. The summed E-state index contributed by atoms with van der Waals surface area (Å²) in [5.74, 6) is 1.03. The van der Waals surface area contributed by atoms with Crippen molar-refractivity contribution < 1.29 is 4.79 Å². The normalized spacial score (nSPS) is 14.9. The number of halogens is 1. The fourth-order valence-corrected chi connectivity index (χ4v) is 3.42. The molecule has 1 aromatic carbocycles. The summed E-state index contributed by atoms with van der Waals surface area (Å²) in [7, 11) is 1.81. The van der Waals surface area contributed by atoms with Crippen molar-refractivity contribution in [2.24, 2.45) is 4.99 Å². The van der Waals surface area contributed by atoms with Crippen LogP contribution in [-0.4, -0.2) is 87.6 Å². The molecule has 1 aliphatic rings. The molecule has 1 aliphatic heterocycles. The third-order valence-electron chi connectivity index (χ3n) is 5.16. The molecule has 0 unspecified atom stereocenters. The Morgan fingerprint density at radius 1 is 1.10 bits per heavy atom. The lowest BCUT2D eigenvalue weighted by Crippen LogP contribution is -2.50. The van der Waals surface area contributed by atoms with E-state index in [9.17, 15) is 4.79 Å². The summed E-state index contributed by atoms with van der Waals surface area (Å²) < 4.78 is 0. The molecular formula is C21H37IN6O. The molecule has 0 aromatic heterocycles. The molecule has 8 heteroatoms. The van der Waals surface area contributed by atoms with E-state index in [0.717, 1.165) is 71.3 Å². The first-order chi connectivity index (χ1) is 13.6. The number of anilines is 1. The number of benzene rings is 1.